The van der Waals surface area contributed by atoms with Crippen molar-refractivity contribution in [1.82, 2.24) is 29.2 Å². The van der Waals surface area contributed by atoms with Crippen molar-refractivity contribution in [3.63, 3.8) is 0 Å². The zero-order valence-electron chi connectivity index (χ0n) is 18.9. The van der Waals surface area contributed by atoms with Gasteiger partial charge in [-0.25, -0.2) is 23.4 Å². The predicted molar refractivity (Wildman–Crippen MR) is 126 cm³/mol. The summed E-state index contributed by atoms with van der Waals surface area (Å²) in [5, 5.41) is 3.48. The lowest BCUT2D eigenvalue weighted by molar-refractivity contribution is 0.325. The van der Waals surface area contributed by atoms with Crippen molar-refractivity contribution in [1.29, 1.82) is 0 Å². The Hall–Kier alpha value is -2.79. The first-order chi connectivity index (χ1) is 15.2. The molecule has 32 heavy (non-hydrogen) atoms. The molecule has 1 unspecified atom stereocenters. The van der Waals surface area contributed by atoms with E-state index in [-0.39, 0.29) is 17.7 Å². The smallest absolute Gasteiger partial charge is 0.226 e. The number of hydrogen-bond acceptors (Lipinski definition) is 8. The summed E-state index contributed by atoms with van der Waals surface area (Å²) in [6, 6.07) is 1.81. The van der Waals surface area contributed by atoms with E-state index in [1.807, 2.05) is 38.9 Å². The van der Waals surface area contributed by atoms with Gasteiger partial charge in [0.2, 0.25) is 16.0 Å². The average Bonchev–Trinajstić information content (AvgIpc) is 3.21. The molecule has 1 fully saturated rings. The second-order valence-electron chi connectivity index (χ2n) is 8.81. The number of rotatable bonds is 7. The number of H-pyrrole nitrogens is 1. The fourth-order valence-corrected chi connectivity index (χ4v) is 5.75. The Kier molecular flexibility index (Phi) is 6.29. The van der Waals surface area contributed by atoms with E-state index in [0.717, 1.165) is 23.9 Å². The van der Waals surface area contributed by atoms with Gasteiger partial charge in [-0.3, -0.25) is 0 Å². The van der Waals surface area contributed by atoms with Crippen LogP contribution in [0.5, 0.6) is 0 Å². The molecule has 172 valence electrons. The molecule has 0 amide bonds. The van der Waals surface area contributed by atoms with E-state index in [2.05, 4.69) is 25.3 Å². The summed E-state index contributed by atoms with van der Waals surface area (Å²) in [4.78, 5) is 23.2. The maximum atomic E-state index is 12.8. The minimum absolute atomic E-state index is 0.0571. The minimum atomic E-state index is -3.28. The highest BCUT2D eigenvalue weighted by atomic mass is 32.2. The van der Waals surface area contributed by atoms with Crippen molar-refractivity contribution < 1.29 is 8.42 Å². The lowest BCUT2D eigenvalue weighted by atomic mass is 10.1. The van der Waals surface area contributed by atoms with E-state index < -0.39 is 10.0 Å². The number of nitrogens with zero attached hydrogens (tertiary/aromatic N) is 6. The third-order valence-corrected chi connectivity index (χ3v) is 7.58. The number of fused-ring (bicyclic) bond motifs is 1. The second kappa shape index (κ2) is 8.99. The van der Waals surface area contributed by atoms with Crippen LogP contribution in [-0.2, 0) is 10.0 Å². The number of aromatic amines is 1. The van der Waals surface area contributed by atoms with Gasteiger partial charge in [0.1, 0.15) is 11.3 Å². The standard InChI is InChI=1S/C21H30N8O2S/c1-14(2)13-32(30,31)29-9-5-6-15(12-29)25-19-16(10-24-21(27-19)28(3)4)18-11-23-20-17(26-18)7-8-22-20/h7-8,10-11,14-15H,5-6,9,12-13H2,1-4H3,(H,22,23)(H,24,25,27). The maximum Gasteiger partial charge on any atom is 0.226 e. The number of hydrogen-bond donors (Lipinski definition) is 2. The third-order valence-electron chi connectivity index (χ3n) is 5.38. The van der Waals surface area contributed by atoms with Crippen molar-refractivity contribution in [3.05, 3.63) is 24.7 Å². The van der Waals surface area contributed by atoms with Crippen LogP contribution in [-0.4, -0.2) is 76.6 Å². The quantitative estimate of drug-likeness (QED) is 0.554. The molecule has 4 rings (SSSR count). The fourth-order valence-electron chi connectivity index (χ4n) is 3.88. The molecule has 1 saturated heterocycles. The lowest BCUT2D eigenvalue weighted by Gasteiger charge is -2.33. The van der Waals surface area contributed by atoms with Crippen molar-refractivity contribution >= 4 is 33.0 Å². The van der Waals surface area contributed by atoms with Crippen LogP contribution in [0.25, 0.3) is 22.4 Å². The first-order valence-corrected chi connectivity index (χ1v) is 12.4. The molecule has 0 radical (unpaired) electrons. The molecule has 1 aliphatic rings. The fraction of sp³-hybridized carbons (Fsp3) is 0.524. The van der Waals surface area contributed by atoms with Crippen molar-refractivity contribution in [3.8, 4) is 11.3 Å². The van der Waals surface area contributed by atoms with E-state index in [1.54, 1.807) is 22.9 Å². The van der Waals surface area contributed by atoms with E-state index in [9.17, 15) is 8.42 Å². The molecular weight excluding hydrogens is 428 g/mol. The summed E-state index contributed by atoms with van der Waals surface area (Å²) in [6.07, 6.45) is 6.89. The van der Waals surface area contributed by atoms with Crippen molar-refractivity contribution in [2.75, 3.05) is 43.2 Å². The van der Waals surface area contributed by atoms with Crippen LogP contribution in [0.1, 0.15) is 26.7 Å². The van der Waals surface area contributed by atoms with Gasteiger partial charge in [0.25, 0.3) is 0 Å². The van der Waals surface area contributed by atoms with E-state index in [4.69, 9.17) is 4.98 Å². The molecule has 0 saturated carbocycles. The largest absolute Gasteiger partial charge is 0.365 e. The van der Waals surface area contributed by atoms with Crippen molar-refractivity contribution in [2.24, 2.45) is 5.92 Å². The van der Waals surface area contributed by atoms with Gasteiger partial charge in [-0.1, -0.05) is 13.8 Å². The molecule has 3 aromatic heterocycles. The highest BCUT2D eigenvalue weighted by molar-refractivity contribution is 7.89. The van der Waals surface area contributed by atoms with Crippen LogP contribution in [0.4, 0.5) is 11.8 Å². The van der Waals surface area contributed by atoms with Crippen LogP contribution in [0.2, 0.25) is 0 Å². The molecule has 11 heteroatoms. The molecule has 0 aliphatic carbocycles. The summed E-state index contributed by atoms with van der Waals surface area (Å²) >= 11 is 0. The molecule has 4 heterocycles. The minimum Gasteiger partial charge on any atom is -0.365 e. The van der Waals surface area contributed by atoms with Crippen LogP contribution >= 0.6 is 0 Å². The predicted octanol–water partition coefficient (Wildman–Crippen LogP) is 2.34. The SMILES string of the molecule is CC(C)CS(=O)(=O)N1CCCC(Nc2nc(N(C)C)ncc2-c2cnc3[nH]ccc3n2)C1. The van der Waals surface area contributed by atoms with E-state index in [1.165, 1.54) is 0 Å². The Morgan fingerprint density at radius 3 is 2.81 bits per heavy atom. The Morgan fingerprint density at radius 1 is 1.25 bits per heavy atom. The van der Waals surface area contributed by atoms with Crippen LogP contribution in [0, 0.1) is 5.92 Å². The van der Waals surface area contributed by atoms with Gasteiger partial charge >= 0.3 is 0 Å². The second-order valence-corrected chi connectivity index (χ2v) is 10.8. The van der Waals surface area contributed by atoms with Crippen molar-refractivity contribution in [2.45, 2.75) is 32.7 Å². The van der Waals surface area contributed by atoms with Crippen LogP contribution in [0.15, 0.2) is 24.7 Å². The van der Waals surface area contributed by atoms with Gasteiger partial charge < -0.3 is 15.2 Å². The van der Waals surface area contributed by atoms with Gasteiger partial charge in [-0.2, -0.15) is 9.29 Å². The van der Waals surface area contributed by atoms with Gasteiger partial charge in [0.15, 0.2) is 5.65 Å². The van der Waals surface area contributed by atoms with Crippen LogP contribution in [0.3, 0.4) is 0 Å². The summed E-state index contributed by atoms with van der Waals surface area (Å²) in [5.41, 5.74) is 2.86. The number of piperidine rings is 1. The molecule has 10 nitrogen and oxygen atoms in total. The Bertz CT molecular complexity index is 1190. The zero-order valence-corrected chi connectivity index (χ0v) is 19.7. The Morgan fingerprint density at radius 2 is 2.06 bits per heavy atom. The van der Waals surface area contributed by atoms with E-state index >= 15 is 0 Å². The number of sulfonamides is 1. The zero-order chi connectivity index (χ0) is 22.9. The number of anilines is 2. The summed E-state index contributed by atoms with van der Waals surface area (Å²) in [6.45, 7) is 4.83. The molecule has 0 aromatic carbocycles. The highest BCUT2D eigenvalue weighted by Crippen LogP contribution is 2.28. The molecule has 1 atom stereocenters. The topological polar surface area (TPSA) is 120 Å². The normalized spacial score (nSPS) is 17.7. The van der Waals surface area contributed by atoms with Gasteiger partial charge in [0.05, 0.1) is 23.2 Å². The lowest BCUT2D eigenvalue weighted by Crippen LogP contribution is -2.46. The Balaban J connectivity index is 1.63. The van der Waals surface area contributed by atoms with Gasteiger partial charge in [-0.15, -0.1) is 0 Å². The summed E-state index contributed by atoms with van der Waals surface area (Å²) in [7, 11) is 0.477. The first kappa shape index (κ1) is 22.4. The highest BCUT2D eigenvalue weighted by Gasteiger charge is 2.30. The van der Waals surface area contributed by atoms with Crippen LogP contribution < -0.4 is 10.2 Å². The molecule has 0 spiro atoms. The number of aromatic nitrogens is 5. The van der Waals surface area contributed by atoms with Gasteiger partial charge in [0, 0.05) is 45.6 Å². The first-order valence-electron chi connectivity index (χ1n) is 10.8. The molecular formula is C21H30N8O2S. The third kappa shape index (κ3) is 4.83. The van der Waals surface area contributed by atoms with E-state index in [0.29, 0.717) is 36.2 Å². The summed E-state index contributed by atoms with van der Waals surface area (Å²) in [5.74, 6) is 1.44. The maximum absolute atomic E-state index is 12.8. The average molecular weight is 459 g/mol. The molecule has 2 N–H and O–H groups in total. The Labute approximate surface area is 188 Å². The molecule has 3 aromatic rings. The molecule has 1 aliphatic heterocycles. The van der Waals surface area contributed by atoms with Gasteiger partial charge in [-0.05, 0) is 24.8 Å². The molecule has 0 bridgehead atoms. The number of nitrogens with one attached hydrogen (secondary N) is 2. The summed E-state index contributed by atoms with van der Waals surface area (Å²) < 4.78 is 27.1. The monoisotopic (exact) mass is 458 g/mol.